The second kappa shape index (κ2) is 24.0. The molecule has 360 valence electrons. The fourth-order valence-corrected chi connectivity index (χ4v) is 7.41. The van der Waals surface area contributed by atoms with Crippen LogP contribution in [0.5, 0.6) is 0 Å². The number of hydrogen-bond acceptors (Lipinski definition) is 17. The maximum atomic E-state index is 13.6. The van der Waals surface area contributed by atoms with Crippen LogP contribution in [0.15, 0.2) is 0 Å². The summed E-state index contributed by atoms with van der Waals surface area (Å²) in [4.78, 5) is 91.2. The lowest BCUT2D eigenvalue weighted by atomic mass is 9.73. The monoisotopic (exact) mass is 898 g/mol. The van der Waals surface area contributed by atoms with E-state index in [2.05, 4.69) is 0 Å². The SMILES string of the molecule is CC(=O)OCC1OC(CC(C)(C)C(=O)C(C)C)C(COCC2OC(COC(C)=O)C(OC(=O)C3CC3)C(OC(=O)C(C)C)C2OC(=O)C(C)C)C(OC(=O)C(C)C)C1OCC(C)C. The summed E-state index contributed by atoms with van der Waals surface area (Å²) in [5, 5.41) is 0. The van der Waals surface area contributed by atoms with Crippen LogP contribution in [-0.2, 0) is 80.9 Å². The lowest BCUT2D eigenvalue weighted by Crippen LogP contribution is -2.64. The van der Waals surface area contributed by atoms with Crippen LogP contribution in [0.1, 0.15) is 116 Å². The van der Waals surface area contributed by atoms with E-state index < -0.39 is 126 Å². The van der Waals surface area contributed by atoms with Crippen molar-refractivity contribution in [2.75, 3.05) is 33.0 Å². The Balaban J connectivity index is 2.15. The largest absolute Gasteiger partial charge is 0.463 e. The standard InChI is InChI=1S/C46H74O17/c1-23(2)18-57-37-34(21-55-28(11)47)58-32(17-46(13,14)41(49)24(3)4)31(36(37)60-42(50)25(5)6)19-54-20-33-38(61-43(51)26(7)8)40(63-44(52)27(9)10)39(62-45(53)30-15-16-30)35(59-33)22-56-29(12)48/h23-27,30-40H,15-22H2,1-14H3. The molecule has 63 heavy (non-hydrogen) atoms. The van der Waals surface area contributed by atoms with Gasteiger partial charge in [-0.1, -0.05) is 83.1 Å². The number of Topliss-reactive ketones (excluding diaryl/α,β-unsaturated/α-hetero) is 1. The van der Waals surface area contributed by atoms with Crippen molar-refractivity contribution in [3.05, 3.63) is 0 Å². The van der Waals surface area contributed by atoms with Crippen molar-refractivity contribution < 1.29 is 80.9 Å². The minimum Gasteiger partial charge on any atom is -0.463 e. The van der Waals surface area contributed by atoms with E-state index in [-0.39, 0.29) is 56.4 Å². The van der Waals surface area contributed by atoms with Gasteiger partial charge in [-0.3, -0.25) is 33.6 Å². The quantitative estimate of drug-likeness (QED) is 0.0977. The molecule has 2 saturated heterocycles. The average molecular weight is 899 g/mol. The van der Waals surface area contributed by atoms with Gasteiger partial charge in [-0.05, 0) is 25.2 Å². The number of carbonyl (C=O) groups is 7. The third-order valence-electron chi connectivity index (χ3n) is 11.0. The summed E-state index contributed by atoms with van der Waals surface area (Å²) in [7, 11) is 0. The van der Waals surface area contributed by atoms with Gasteiger partial charge >= 0.3 is 35.8 Å². The van der Waals surface area contributed by atoms with Crippen LogP contribution in [0, 0.1) is 46.8 Å². The summed E-state index contributed by atoms with van der Waals surface area (Å²) in [6.45, 7) is 22.6. The third kappa shape index (κ3) is 16.1. The Labute approximate surface area is 372 Å². The Bertz CT molecular complexity index is 1560. The molecular formula is C46H74O17. The molecule has 10 unspecified atom stereocenters. The van der Waals surface area contributed by atoms with Crippen molar-refractivity contribution in [3.63, 3.8) is 0 Å². The summed E-state index contributed by atoms with van der Waals surface area (Å²) in [6.07, 6.45) is -8.84. The van der Waals surface area contributed by atoms with E-state index in [1.54, 1.807) is 41.5 Å². The molecule has 0 spiro atoms. The van der Waals surface area contributed by atoms with Crippen LogP contribution in [0.4, 0.5) is 0 Å². The number of ketones is 1. The highest BCUT2D eigenvalue weighted by Crippen LogP contribution is 2.40. The Kier molecular flexibility index (Phi) is 20.5. The van der Waals surface area contributed by atoms with E-state index in [1.165, 1.54) is 13.8 Å². The molecule has 3 rings (SSSR count). The predicted molar refractivity (Wildman–Crippen MR) is 224 cm³/mol. The molecule has 1 aliphatic carbocycles. The first-order valence-electron chi connectivity index (χ1n) is 22.5. The van der Waals surface area contributed by atoms with Gasteiger partial charge in [-0.15, -0.1) is 0 Å². The van der Waals surface area contributed by atoms with E-state index in [4.69, 9.17) is 47.4 Å². The summed E-state index contributed by atoms with van der Waals surface area (Å²) < 4.78 is 61.1. The first kappa shape index (κ1) is 53.7. The number of carbonyl (C=O) groups excluding carboxylic acids is 7. The molecule has 3 fully saturated rings. The Hall–Kier alpha value is -3.67. The lowest BCUT2D eigenvalue weighted by Gasteiger charge is -2.48. The van der Waals surface area contributed by atoms with Crippen molar-refractivity contribution >= 4 is 41.6 Å². The zero-order valence-electron chi connectivity index (χ0n) is 39.8. The van der Waals surface area contributed by atoms with Gasteiger partial charge in [-0.2, -0.15) is 0 Å². The van der Waals surface area contributed by atoms with Gasteiger partial charge in [0.05, 0.1) is 43.0 Å². The zero-order valence-corrected chi connectivity index (χ0v) is 39.8. The maximum Gasteiger partial charge on any atom is 0.309 e. The molecule has 1 saturated carbocycles. The molecule has 0 aromatic rings. The molecule has 2 heterocycles. The molecular weight excluding hydrogens is 824 g/mol. The van der Waals surface area contributed by atoms with E-state index >= 15 is 0 Å². The first-order chi connectivity index (χ1) is 29.3. The first-order valence-corrected chi connectivity index (χ1v) is 22.5. The normalized spacial score (nSPS) is 27.6. The van der Waals surface area contributed by atoms with Crippen molar-refractivity contribution in [2.45, 2.75) is 171 Å². The van der Waals surface area contributed by atoms with Crippen LogP contribution in [-0.4, -0.2) is 130 Å². The van der Waals surface area contributed by atoms with Gasteiger partial charge in [0.2, 0.25) is 0 Å². The molecule has 0 radical (unpaired) electrons. The van der Waals surface area contributed by atoms with Crippen LogP contribution in [0.2, 0.25) is 0 Å². The smallest absolute Gasteiger partial charge is 0.309 e. The van der Waals surface area contributed by atoms with Gasteiger partial charge in [-0.25, -0.2) is 0 Å². The van der Waals surface area contributed by atoms with Crippen LogP contribution in [0.25, 0.3) is 0 Å². The summed E-state index contributed by atoms with van der Waals surface area (Å²) in [6, 6.07) is 0. The summed E-state index contributed by atoms with van der Waals surface area (Å²) >= 11 is 0. The fourth-order valence-electron chi connectivity index (χ4n) is 7.41. The second-order valence-corrected chi connectivity index (χ2v) is 19.4. The number of esters is 6. The summed E-state index contributed by atoms with van der Waals surface area (Å²) in [5.74, 6) is -6.88. The second-order valence-electron chi connectivity index (χ2n) is 19.4. The van der Waals surface area contributed by atoms with E-state index in [1.807, 2.05) is 41.5 Å². The highest BCUT2D eigenvalue weighted by atomic mass is 16.7. The van der Waals surface area contributed by atoms with Crippen molar-refractivity contribution in [1.29, 1.82) is 0 Å². The molecule has 0 bridgehead atoms. The minimum atomic E-state index is -1.41. The van der Waals surface area contributed by atoms with Gasteiger partial charge in [0, 0.05) is 37.7 Å². The molecule has 10 atom stereocenters. The van der Waals surface area contributed by atoms with Crippen LogP contribution in [0.3, 0.4) is 0 Å². The number of ether oxygens (including phenoxy) is 10. The van der Waals surface area contributed by atoms with Gasteiger partial charge in [0.15, 0.2) is 18.3 Å². The van der Waals surface area contributed by atoms with Crippen molar-refractivity contribution in [3.8, 4) is 0 Å². The number of hydrogen-bond donors (Lipinski definition) is 0. The Morgan fingerprint density at radius 2 is 0.984 bits per heavy atom. The zero-order chi connectivity index (χ0) is 47.5. The Morgan fingerprint density at radius 1 is 0.540 bits per heavy atom. The third-order valence-corrected chi connectivity index (χ3v) is 11.0. The molecule has 0 aromatic heterocycles. The molecule has 2 aliphatic heterocycles. The lowest BCUT2D eigenvalue weighted by molar-refractivity contribution is -0.267. The maximum absolute atomic E-state index is 13.6. The minimum absolute atomic E-state index is 0.0284. The van der Waals surface area contributed by atoms with Crippen LogP contribution < -0.4 is 0 Å². The van der Waals surface area contributed by atoms with Crippen molar-refractivity contribution in [1.82, 2.24) is 0 Å². The molecule has 17 nitrogen and oxygen atoms in total. The van der Waals surface area contributed by atoms with Gasteiger partial charge in [0.25, 0.3) is 0 Å². The van der Waals surface area contributed by atoms with E-state index in [0.29, 0.717) is 12.8 Å². The van der Waals surface area contributed by atoms with Crippen LogP contribution >= 0.6 is 0 Å². The van der Waals surface area contributed by atoms with Gasteiger partial charge in [0.1, 0.15) is 49.5 Å². The van der Waals surface area contributed by atoms with E-state index in [9.17, 15) is 33.6 Å². The molecule has 0 aromatic carbocycles. The average Bonchev–Trinajstić information content (AvgIpc) is 4.04. The van der Waals surface area contributed by atoms with Gasteiger partial charge < -0.3 is 47.4 Å². The van der Waals surface area contributed by atoms with Crippen molar-refractivity contribution in [2.24, 2.45) is 46.8 Å². The predicted octanol–water partition coefficient (Wildman–Crippen LogP) is 4.99. The molecule has 0 amide bonds. The summed E-state index contributed by atoms with van der Waals surface area (Å²) in [5.41, 5.74) is -0.936. The highest BCUT2D eigenvalue weighted by molar-refractivity contribution is 5.85. The Morgan fingerprint density at radius 3 is 1.44 bits per heavy atom. The van der Waals surface area contributed by atoms with E-state index in [0.717, 1.165) is 0 Å². The molecule has 17 heteroatoms. The molecule has 0 N–H and O–H groups in total. The topological polar surface area (TPSA) is 212 Å². The highest BCUT2D eigenvalue weighted by Gasteiger charge is 2.55. The fraction of sp³-hybridized carbons (Fsp3) is 0.848. The molecule has 3 aliphatic rings. The number of rotatable bonds is 23.